The number of aliphatic hydroxyl groups is 1. The van der Waals surface area contributed by atoms with Gasteiger partial charge in [0.1, 0.15) is 29.2 Å². The number of carbonyl (C=O) groups is 1. The van der Waals surface area contributed by atoms with Crippen molar-refractivity contribution in [2.75, 3.05) is 31.1 Å². The number of nitrogens with zero attached hydrogens (tertiary/aromatic N) is 1. The summed E-state index contributed by atoms with van der Waals surface area (Å²) in [6.45, 7) is 0.813. The van der Waals surface area contributed by atoms with Gasteiger partial charge in [0, 0.05) is 59.5 Å². The molecule has 0 aliphatic carbocycles. The first-order valence-electron chi connectivity index (χ1n) is 14.4. The van der Waals surface area contributed by atoms with Gasteiger partial charge in [-0.05, 0) is 73.5 Å². The van der Waals surface area contributed by atoms with E-state index in [0.29, 0.717) is 81.7 Å². The summed E-state index contributed by atoms with van der Waals surface area (Å²) in [6, 6.07) is 15.0. The topological polar surface area (TPSA) is 128 Å². The molecule has 234 valence electrons. The number of hydrogen-bond donors (Lipinski definition) is 4. The summed E-state index contributed by atoms with van der Waals surface area (Å²) in [4.78, 5) is 18.6. The minimum atomic E-state index is -3.70. The summed E-state index contributed by atoms with van der Waals surface area (Å²) in [7, 11) is -2.11. The lowest BCUT2D eigenvalue weighted by Crippen LogP contribution is -2.39. The molecule has 12 heteroatoms. The van der Waals surface area contributed by atoms with E-state index in [1.807, 2.05) is 0 Å². The second kappa shape index (κ2) is 12.1. The number of piperidine rings is 1. The van der Waals surface area contributed by atoms with Gasteiger partial charge in [-0.2, -0.15) is 0 Å². The normalized spacial score (nSPS) is 16.2. The van der Waals surface area contributed by atoms with E-state index < -0.39 is 22.1 Å². The molecule has 9 nitrogen and oxygen atoms in total. The molecular formula is C33H32F2N4O5S. The van der Waals surface area contributed by atoms with E-state index in [2.05, 4.69) is 15.0 Å². The summed E-state index contributed by atoms with van der Waals surface area (Å²) < 4.78 is 60.9. The molecule has 1 unspecified atom stereocenters. The van der Waals surface area contributed by atoms with Crippen molar-refractivity contribution in [3.05, 3.63) is 101 Å². The molecule has 3 aromatic carbocycles. The number of aromatic amines is 1. The van der Waals surface area contributed by atoms with Gasteiger partial charge < -0.3 is 19.4 Å². The van der Waals surface area contributed by atoms with E-state index in [-0.39, 0.29) is 17.6 Å². The maximum absolute atomic E-state index is 13.8. The Labute approximate surface area is 258 Å². The molecule has 0 radical (unpaired) electrons. The number of carbonyl (C=O) groups excluding carboxylic acids is 1. The number of likely N-dealkylation sites (tertiary alicyclic amines) is 1. The van der Waals surface area contributed by atoms with E-state index in [4.69, 9.17) is 4.42 Å². The number of H-pyrrole nitrogens is 1. The summed E-state index contributed by atoms with van der Waals surface area (Å²) >= 11 is 0. The van der Waals surface area contributed by atoms with Crippen LogP contribution in [-0.4, -0.2) is 55.7 Å². The van der Waals surface area contributed by atoms with Crippen LogP contribution < -0.4 is 10.0 Å². The van der Waals surface area contributed by atoms with Crippen molar-refractivity contribution in [3.8, 4) is 22.5 Å². The first kappa shape index (κ1) is 30.5. The van der Waals surface area contributed by atoms with Crippen LogP contribution in [0, 0.1) is 11.6 Å². The van der Waals surface area contributed by atoms with Crippen LogP contribution in [0.25, 0.3) is 33.4 Å². The first-order valence-corrected chi connectivity index (χ1v) is 16.3. The molecule has 3 heterocycles. The van der Waals surface area contributed by atoms with Crippen molar-refractivity contribution < 1.29 is 31.5 Å². The predicted molar refractivity (Wildman–Crippen MR) is 168 cm³/mol. The van der Waals surface area contributed by atoms with Gasteiger partial charge in [-0.1, -0.05) is 12.1 Å². The molecule has 6 rings (SSSR count). The van der Waals surface area contributed by atoms with Crippen molar-refractivity contribution in [2.45, 2.75) is 25.0 Å². The van der Waals surface area contributed by atoms with Crippen LogP contribution in [0.1, 0.15) is 46.5 Å². The Morgan fingerprint density at radius 3 is 2.36 bits per heavy atom. The summed E-state index contributed by atoms with van der Waals surface area (Å²) in [5, 5.41) is 14.4. The van der Waals surface area contributed by atoms with Crippen LogP contribution in [0.4, 0.5) is 14.5 Å². The molecule has 4 N–H and O–H groups in total. The Morgan fingerprint density at radius 1 is 1.04 bits per heavy atom. The Hall–Kier alpha value is -4.52. The predicted octanol–water partition coefficient (Wildman–Crippen LogP) is 5.97. The molecule has 1 fully saturated rings. The van der Waals surface area contributed by atoms with Crippen LogP contribution >= 0.6 is 0 Å². The maximum Gasteiger partial charge on any atom is 0.256 e. The molecule has 45 heavy (non-hydrogen) atoms. The van der Waals surface area contributed by atoms with Crippen LogP contribution in [0.5, 0.6) is 0 Å². The zero-order valence-corrected chi connectivity index (χ0v) is 25.4. The number of furan rings is 1. The van der Waals surface area contributed by atoms with Gasteiger partial charge in [-0.15, -0.1) is 0 Å². The molecule has 1 saturated heterocycles. The lowest BCUT2D eigenvalue weighted by Gasteiger charge is -2.34. The zero-order valence-electron chi connectivity index (χ0n) is 24.6. The number of sulfonamides is 1. The standard InChI is InChI=1S/C33H32F2N4O5S/c1-36-32(40)30-25-14-24(28(38-45(2,42)43)15-29(25)44-31(30)20-7-11-23(35)12-8-20)21-4-3-13-39(18-21)33(41)27-17-37-16-26(27)19-5-9-22(34)10-6-19/h5-12,14-17,21,32,36-38,40H,3-4,13,18H2,1-2H3/t21-,32?/m1/s1. The summed E-state index contributed by atoms with van der Waals surface area (Å²) in [6.07, 6.45) is 4.59. The number of halogens is 2. The summed E-state index contributed by atoms with van der Waals surface area (Å²) in [5.41, 5.74) is 4.05. The molecule has 2 aromatic heterocycles. The number of benzene rings is 3. The highest BCUT2D eigenvalue weighted by molar-refractivity contribution is 7.92. The van der Waals surface area contributed by atoms with Crippen molar-refractivity contribution >= 4 is 32.6 Å². The minimum absolute atomic E-state index is 0.202. The van der Waals surface area contributed by atoms with Crippen LogP contribution in [0.15, 0.2) is 77.5 Å². The number of anilines is 1. The smallest absolute Gasteiger partial charge is 0.256 e. The van der Waals surface area contributed by atoms with Gasteiger partial charge in [0.15, 0.2) is 0 Å². The third-order valence-electron chi connectivity index (χ3n) is 8.13. The highest BCUT2D eigenvalue weighted by Crippen LogP contribution is 2.42. The Kier molecular flexibility index (Phi) is 8.21. The Balaban J connectivity index is 1.41. The third-order valence-corrected chi connectivity index (χ3v) is 8.72. The largest absolute Gasteiger partial charge is 0.456 e. The van der Waals surface area contributed by atoms with Crippen LogP contribution in [0.2, 0.25) is 0 Å². The van der Waals surface area contributed by atoms with Gasteiger partial charge in [-0.3, -0.25) is 14.8 Å². The quantitative estimate of drug-likeness (QED) is 0.156. The summed E-state index contributed by atoms with van der Waals surface area (Å²) in [5.74, 6) is -0.936. The van der Waals surface area contributed by atoms with E-state index in [9.17, 15) is 27.1 Å². The molecule has 0 saturated carbocycles. The molecule has 2 atom stereocenters. The molecule has 5 aromatic rings. The van der Waals surface area contributed by atoms with Crippen LogP contribution in [-0.2, 0) is 10.0 Å². The number of nitrogens with one attached hydrogen (secondary N) is 3. The first-order chi connectivity index (χ1) is 21.5. The number of amides is 1. The van der Waals surface area contributed by atoms with Crippen molar-refractivity contribution in [2.24, 2.45) is 0 Å². The van der Waals surface area contributed by atoms with Crippen molar-refractivity contribution in [1.29, 1.82) is 0 Å². The SMILES string of the molecule is CNC(O)c1c(-c2ccc(F)cc2)oc2cc(NS(C)(=O)=O)c([C@@H]3CCCN(C(=O)c4c[nH]cc4-c4ccc(F)cc4)C3)cc12. The lowest BCUT2D eigenvalue weighted by molar-refractivity contribution is 0.0708. The van der Waals surface area contributed by atoms with Gasteiger partial charge in [0.25, 0.3) is 5.91 Å². The number of fused-ring (bicyclic) bond motifs is 1. The molecule has 1 aliphatic heterocycles. The van der Waals surface area contributed by atoms with Crippen molar-refractivity contribution in [3.63, 3.8) is 0 Å². The van der Waals surface area contributed by atoms with Crippen molar-refractivity contribution in [1.82, 2.24) is 15.2 Å². The van der Waals surface area contributed by atoms with E-state index in [0.717, 1.165) is 6.26 Å². The number of aromatic nitrogens is 1. The Bertz CT molecular complexity index is 1970. The number of aliphatic hydroxyl groups excluding tert-OH is 1. The second-order valence-electron chi connectivity index (χ2n) is 11.2. The molecular weight excluding hydrogens is 602 g/mol. The Morgan fingerprint density at radius 2 is 1.71 bits per heavy atom. The van der Waals surface area contributed by atoms with E-state index in [1.165, 1.54) is 24.3 Å². The fourth-order valence-corrected chi connectivity index (χ4v) is 6.61. The average Bonchev–Trinajstić information content (AvgIpc) is 3.65. The highest BCUT2D eigenvalue weighted by Gasteiger charge is 2.31. The zero-order chi connectivity index (χ0) is 31.9. The fraction of sp³-hybridized carbons (Fsp3) is 0.242. The fourth-order valence-electron chi connectivity index (χ4n) is 6.03. The molecule has 0 bridgehead atoms. The van der Waals surface area contributed by atoms with Gasteiger partial charge >= 0.3 is 0 Å². The molecule has 1 amide bonds. The third kappa shape index (κ3) is 6.21. The lowest BCUT2D eigenvalue weighted by atomic mass is 9.87. The molecule has 1 aliphatic rings. The maximum atomic E-state index is 13.8. The van der Waals surface area contributed by atoms with Gasteiger partial charge in [0.05, 0.1) is 17.5 Å². The van der Waals surface area contributed by atoms with E-state index in [1.54, 1.807) is 60.7 Å². The number of rotatable bonds is 8. The monoisotopic (exact) mass is 634 g/mol. The minimum Gasteiger partial charge on any atom is -0.456 e. The highest BCUT2D eigenvalue weighted by atomic mass is 32.2. The second-order valence-corrected chi connectivity index (χ2v) is 13.0. The van der Waals surface area contributed by atoms with Gasteiger partial charge in [-0.25, -0.2) is 17.2 Å². The molecule has 0 spiro atoms. The van der Waals surface area contributed by atoms with E-state index >= 15 is 0 Å². The average molecular weight is 635 g/mol. The van der Waals surface area contributed by atoms with Crippen LogP contribution in [0.3, 0.4) is 0 Å². The van der Waals surface area contributed by atoms with Gasteiger partial charge in [0.2, 0.25) is 10.0 Å². The number of hydrogen-bond acceptors (Lipinski definition) is 6.